The number of ketones is 1. The van der Waals surface area contributed by atoms with Crippen LogP contribution in [0.4, 0.5) is 0 Å². The molecule has 1 heterocycles. The lowest BCUT2D eigenvalue weighted by atomic mass is 10.1. The van der Waals surface area contributed by atoms with E-state index < -0.39 is 0 Å². The Morgan fingerprint density at radius 3 is 2.72 bits per heavy atom. The van der Waals surface area contributed by atoms with E-state index in [1.54, 1.807) is 14.1 Å². The average Bonchev–Trinajstić information content (AvgIpc) is 2.61. The minimum absolute atomic E-state index is 0.0641. The van der Waals surface area contributed by atoms with E-state index in [0.29, 0.717) is 22.6 Å². The molecule has 0 unspecified atom stereocenters. The van der Waals surface area contributed by atoms with E-state index in [2.05, 4.69) is 15.1 Å². The van der Waals surface area contributed by atoms with E-state index in [0.717, 1.165) is 11.1 Å². The van der Waals surface area contributed by atoms with Gasteiger partial charge in [-0.15, -0.1) is 0 Å². The minimum Gasteiger partial charge on any atom is -0.287 e. The first-order chi connectivity index (χ1) is 8.61. The maximum Gasteiger partial charge on any atom is 0.241 e. The van der Waals surface area contributed by atoms with Gasteiger partial charge in [-0.25, -0.2) is 9.67 Å². The number of carbonyl (C=O) groups excluding carboxylic acids is 1. The summed E-state index contributed by atoms with van der Waals surface area (Å²) in [7, 11) is 3.39. The molecule has 1 aliphatic carbocycles. The van der Waals surface area contributed by atoms with Crippen LogP contribution in [0.25, 0.3) is 11.3 Å². The van der Waals surface area contributed by atoms with Crippen LogP contribution in [0, 0.1) is 6.92 Å². The Hall–Kier alpha value is -2.30. The number of hydrogen-bond donors (Lipinski definition) is 0. The summed E-state index contributed by atoms with van der Waals surface area (Å²) in [4.78, 5) is 20.7. The first-order valence-corrected chi connectivity index (χ1v) is 5.65. The van der Waals surface area contributed by atoms with Crippen molar-refractivity contribution in [3.05, 3.63) is 40.6 Å². The van der Waals surface area contributed by atoms with Crippen molar-refractivity contribution in [2.45, 2.75) is 6.92 Å². The topological polar surface area (TPSA) is 60.1 Å². The standard InChI is InChI=1S/C13H12N4O/c1-7-4-5-8-9(6-7)10-11(12(8)18)16-17(3)13(14-2)15-10/h4-6H,1-3H3. The van der Waals surface area contributed by atoms with Crippen LogP contribution in [0.2, 0.25) is 0 Å². The first-order valence-electron chi connectivity index (χ1n) is 5.65. The number of rotatable bonds is 0. The van der Waals surface area contributed by atoms with Crippen molar-refractivity contribution >= 4 is 5.78 Å². The summed E-state index contributed by atoms with van der Waals surface area (Å²) in [5.74, 6) is -0.0641. The molecule has 0 bridgehead atoms. The molecule has 0 saturated carbocycles. The van der Waals surface area contributed by atoms with Gasteiger partial charge in [0.2, 0.25) is 11.4 Å². The summed E-state index contributed by atoms with van der Waals surface area (Å²) in [6.45, 7) is 1.99. The third-order valence-electron chi connectivity index (χ3n) is 3.07. The molecule has 2 aromatic rings. The molecule has 0 amide bonds. The summed E-state index contributed by atoms with van der Waals surface area (Å²) >= 11 is 0. The second-order valence-corrected chi connectivity index (χ2v) is 4.33. The molecule has 0 radical (unpaired) electrons. The lowest BCUT2D eigenvalue weighted by molar-refractivity contribution is 0.103. The van der Waals surface area contributed by atoms with Gasteiger partial charge < -0.3 is 0 Å². The highest BCUT2D eigenvalue weighted by Gasteiger charge is 2.30. The molecule has 0 fully saturated rings. The highest BCUT2D eigenvalue weighted by molar-refractivity contribution is 6.19. The van der Waals surface area contributed by atoms with E-state index in [1.807, 2.05) is 25.1 Å². The van der Waals surface area contributed by atoms with Crippen LogP contribution in [0.15, 0.2) is 23.2 Å². The van der Waals surface area contributed by atoms with E-state index in [4.69, 9.17) is 0 Å². The molecule has 0 atom stereocenters. The molecule has 0 N–H and O–H groups in total. The summed E-state index contributed by atoms with van der Waals surface area (Å²) in [5, 5.41) is 4.26. The number of aromatic nitrogens is 3. The Morgan fingerprint density at radius 1 is 1.22 bits per heavy atom. The van der Waals surface area contributed by atoms with Gasteiger partial charge in [0, 0.05) is 25.2 Å². The van der Waals surface area contributed by atoms with E-state index in [9.17, 15) is 4.79 Å². The Bertz CT molecular complexity index is 743. The lowest BCUT2D eigenvalue weighted by Gasteiger charge is -2.02. The monoisotopic (exact) mass is 240 g/mol. The molecular formula is C13H12N4O. The Balaban J connectivity index is 2.40. The fourth-order valence-electron chi connectivity index (χ4n) is 2.18. The van der Waals surface area contributed by atoms with E-state index in [1.165, 1.54) is 4.68 Å². The Kier molecular flexibility index (Phi) is 2.16. The van der Waals surface area contributed by atoms with Crippen molar-refractivity contribution in [2.75, 3.05) is 7.05 Å². The molecule has 1 aliphatic rings. The van der Waals surface area contributed by atoms with Gasteiger partial charge in [0.1, 0.15) is 5.69 Å². The van der Waals surface area contributed by atoms with Crippen molar-refractivity contribution in [1.29, 1.82) is 0 Å². The lowest BCUT2D eigenvalue weighted by Crippen LogP contribution is -2.26. The zero-order valence-corrected chi connectivity index (χ0v) is 10.4. The number of benzene rings is 1. The quantitative estimate of drug-likeness (QED) is 0.585. The van der Waals surface area contributed by atoms with Gasteiger partial charge in [-0.1, -0.05) is 17.7 Å². The molecule has 1 aromatic carbocycles. The number of fused-ring (bicyclic) bond motifs is 3. The summed E-state index contributed by atoms with van der Waals surface area (Å²) in [6.07, 6.45) is 0. The number of hydrogen-bond acceptors (Lipinski definition) is 4. The van der Waals surface area contributed by atoms with Crippen LogP contribution < -0.4 is 5.62 Å². The zero-order chi connectivity index (χ0) is 12.9. The van der Waals surface area contributed by atoms with Crippen LogP contribution in [0.1, 0.15) is 21.6 Å². The van der Waals surface area contributed by atoms with Crippen LogP contribution in [-0.4, -0.2) is 27.6 Å². The molecule has 0 saturated heterocycles. The van der Waals surface area contributed by atoms with Gasteiger partial charge in [-0.2, -0.15) is 5.10 Å². The summed E-state index contributed by atoms with van der Waals surface area (Å²) < 4.78 is 1.52. The van der Waals surface area contributed by atoms with Crippen LogP contribution in [-0.2, 0) is 7.05 Å². The smallest absolute Gasteiger partial charge is 0.241 e. The maximum absolute atomic E-state index is 12.2. The largest absolute Gasteiger partial charge is 0.287 e. The van der Waals surface area contributed by atoms with E-state index in [-0.39, 0.29) is 5.78 Å². The highest BCUT2D eigenvalue weighted by atomic mass is 16.1. The molecule has 1 aromatic heterocycles. The molecule has 18 heavy (non-hydrogen) atoms. The Morgan fingerprint density at radius 2 is 2.00 bits per heavy atom. The molecule has 5 nitrogen and oxygen atoms in total. The fourth-order valence-corrected chi connectivity index (χ4v) is 2.18. The number of aryl methyl sites for hydroxylation is 2. The fraction of sp³-hybridized carbons (Fsp3) is 0.231. The van der Waals surface area contributed by atoms with Crippen molar-refractivity contribution in [1.82, 2.24) is 14.8 Å². The van der Waals surface area contributed by atoms with Crippen molar-refractivity contribution in [2.24, 2.45) is 12.0 Å². The van der Waals surface area contributed by atoms with Crippen LogP contribution >= 0.6 is 0 Å². The van der Waals surface area contributed by atoms with Crippen LogP contribution in [0.5, 0.6) is 0 Å². The third-order valence-corrected chi connectivity index (χ3v) is 3.07. The molecule has 3 rings (SSSR count). The van der Waals surface area contributed by atoms with Crippen molar-refractivity contribution in [3.8, 4) is 11.3 Å². The SMILES string of the molecule is CN=c1nc2c(nn1C)C(=O)c1ccc(C)cc1-2. The number of carbonyl (C=O) groups is 1. The Labute approximate surface area is 104 Å². The third kappa shape index (κ3) is 1.33. The zero-order valence-electron chi connectivity index (χ0n) is 10.4. The highest BCUT2D eigenvalue weighted by Crippen LogP contribution is 2.33. The van der Waals surface area contributed by atoms with Gasteiger partial charge in [0.15, 0.2) is 5.69 Å². The summed E-state index contributed by atoms with van der Waals surface area (Å²) in [5.41, 5.74) is 4.18. The van der Waals surface area contributed by atoms with Gasteiger partial charge in [-0.3, -0.25) is 9.79 Å². The second kappa shape index (κ2) is 3.60. The predicted molar refractivity (Wildman–Crippen MR) is 66.1 cm³/mol. The second-order valence-electron chi connectivity index (χ2n) is 4.33. The normalized spacial score (nSPS) is 13.7. The van der Waals surface area contributed by atoms with Gasteiger partial charge >= 0.3 is 0 Å². The molecule has 0 spiro atoms. The van der Waals surface area contributed by atoms with Crippen LogP contribution in [0.3, 0.4) is 0 Å². The molecule has 90 valence electrons. The van der Waals surface area contributed by atoms with E-state index >= 15 is 0 Å². The van der Waals surface area contributed by atoms with Gasteiger partial charge in [0.05, 0.1) is 0 Å². The molecular weight excluding hydrogens is 228 g/mol. The minimum atomic E-state index is -0.0641. The maximum atomic E-state index is 12.2. The molecule has 5 heteroatoms. The average molecular weight is 240 g/mol. The predicted octanol–water partition coefficient (Wildman–Crippen LogP) is 0.865. The van der Waals surface area contributed by atoms with Gasteiger partial charge in [-0.05, 0) is 13.0 Å². The van der Waals surface area contributed by atoms with Crippen molar-refractivity contribution < 1.29 is 4.79 Å². The van der Waals surface area contributed by atoms with Gasteiger partial charge in [0.25, 0.3) is 0 Å². The van der Waals surface area contributed by atoms with Crippen molar-refractivity contribution in [3.63, 3.8) is 0 Å². The number of nitrogens with zero attached hydrogens (tertiary/aromatic N) is 4. The molecule has 0 aliphatic heterocycles. The summed E-state index contributed by atoms with van der Waals surface area (Å²) in [6, 6.07) is 5.72. The first kappa shape index (κ1) is 10.8.